The normalized spacial score (nSPS) is 17.1. The average Bonchev–Trinajstić information content (AvgIpc) is 3.15. The summed E-state index contributed by atoms with van der Waals surface area (Å²) in [7, 11) is 0. The quantitative estimate of drug-likeness (QED) is 0.735. The van der Waals surface area contributed by atoms with E-state index in [9.17, 15) is 19.5 Å². The minimum Gasteiger partial charge on any atom is -0.480 e. The molecule has 0 aliphatic carbocycles. The fraction of sp³-hybridized carbons (Fsp3) is 0.250. The van der Waals surface area contributed by atoms with Crippen LogP contribution in [0, 0.1) is 0 Å². The topological polar surface area (TPSA) is 79.6 Å². The van der Waals surface area contributed by atoms with Gasteiger partial charge in [0.15, 0.2) is 5.43 Å². The number of hydrogen-bond acceptors (Lipinski definition) is 3. The van der Waals surface area contributed by atoms with E-state index < -0.39 is 12.0 Å². The summed E-state index contributed by atoms with van der Waals surface area (Å²) in [5.74, 6) is -1.21. The van der Waals surface area contributed by atoms with Crippen LogP contribution in [0.1, 0.15) is 12.8 Å². The number of amides is 1. The smallest absolute Gasteiger partial charge is 0.326 e. The molecule has 6 nitrogen and oxygen atoms in total. The van der Waals surface area contributed by atoms with Gasteiger partial charge in [0.25, 0.3) is 0 Å². The summed E-state index contributed by atoms with van der Waals surface area (Å²) in [6.45, 7) is 0.455. The Balaban J connectivity index is 1.85. The molecule has 132 valence electrons. The van der Waals surface area contributed by atoms with E-state index in [2.05, 4.69) is 0 Å². The Bertz CT molecular complexity index is 1030. The van der Waals surface area contributed by atoms with Gasteiger partial charge in [0, 0.05) is 17.3 Å². The number of rotatable bonds is 3. The van der Waals surface area contributed by atoms with Crippen LogP contribution in [0.5, 0.6) is 0 Å². The molecule has 0 saturated carbocycles. The highest BCUT2D eigenvalue weighted by molar-refractivity contribution is 5.95. The Morgan fingerprint density at radius 3 is 2.15 bits per heavy atom. The zero-order valence-corrected chi connectivity index (χ0v) is 14.1. The van der Waals surface area contributed by atoms with E-state index in [0.717, 1.165) is 0 Å². The minimum atomic E-state index is -0.967. The molecule has 0 radical (unpaired) electrons. The second-order valence-electron chi connectivity index (χ2n) is 6.53. The number of carboxylic acids is 1. The molecule has 6 heteroatoms. The van der Waals surface area contributed by atoms with Crippen LogP contribution in [0.3, 0.4) is 0 Å². The third-order valence-corrected chi connectivity index (χ3v) is 5.03. The lowest BCUT2D eigenvalue weighted by Crippen LogP contribution is -2.42. The zero-order valence-electron chi connectivity index (χ0n) is 14.1. The van der Waals surface area contributed by atoms with Crippen molar-refractivity contribution in [2.75, 3.05) is 6.54 Å². The van der Waals surface area contributed by atoms with Crippen molar-refractivity contribution in [3.8, 4) is 0 Å². The SMILES string of the molecule is O=C(O)[C@@H]1CCCN1C(=O)Cn1c2ccccc2c(=O)c2ccccc21. The first-order valence-electron chi connectivity index (χ1n) is 8.60. The van der Waals surface area contributed by atoms with Gasteiger partial charge in [-0.3, -0.25) is 9.59 Å². The van der Waals surface area contributed by atoms with Crippen LogP contribution in [0.4, 0.5) is 0 Å². The Kier molecular flexibility index (Phi) is 3.95. The summed E-state index contributed by atoms with van der Waals surface area (Å²) in [5, 5.41) is 10.4. The van der Waals surface area contributed by atoms with E-state index in [1.165, 1.54) is 4.90 Å². The van der Waals surface area contributed by atoms with Gasteiger partial charge >= 0.3 is 5.97 Å². The van der Waals surface area contributed by atoms with Crippen molar-refractivity contribution < 1.29 is 14.7 Å². The van der Waals surface area contributed by atoms with Crippen molar-refractivity contribution in [2.24, 2.45) is 0 Å². The number of carbonyl (C=O) groups is 2. The third-order valence-electron chi connectivity index (χ3n) is 5.03. The third kappa shape index (κ3) is 2.54. The summed E-state index contributed by atoms with van der Waals surface area (Å²) in [5.41, 5.74) is 1.29. The second kappa shape index (κ2) is 6.29. The molecule has 1 fully saturated rings. The van der Waals surface area contributed by atoms with Gasteiger partial charge in [-0.15, -0.1) is 0 Å². The van der Waals surface area contributed by atoms with Crippen LogP contribution in [-0.4, -0.2) is 39.0 Å². The van der Waals surface area contributed by atoms with E-state index in [-0.39, 0.29) is 17.9 Å². The van der Waals surface area contributed by atoms with Crippen molar-refractivity contribution in [2.45, 2.75) is 25.4 Å². The number of nitrogens with zero attached hydrogens (tertiary/aromatic N) is 2. The molecule has 2 aromatic carbocycles. The molecule has 1 aliphatic rings. The molecule has 4 rings (SSSR count). The number of pyridine rings is 1. The molecule has 0 bridgehead atoms. The molecular formula is C20H18N2O4. The monoisotopic (exact) mass is 350 g/mol. The highest BCUT2D eigenvalue weighted by atomic mass is 16.4. The van der Waals surface area contributed by atoms with Gasteiger partial charge in [-0.1, -0.05) is 24.3 Å². The van der Waals surface area contributed by atoms with Crippen LogP contribution in [0.2, 0.25) is 0 Å². The summed E-state index contributed by atoms with van der Waals surface area (Å²) in [6, 6.07) is 13.6. The summed E-state index contributed by atoms with van der Waals surface area (Å²) >= 11 is 0. The van der Waals surface area contributed by atoms with Crippen LogP contribution >= 0.6 is 0 Å². The number of hydrogen-bond donors (Lipinski definition) is 1. The number of para-hydroxylation sites is 2. The van der Waals surface area contributed by atoms with E-state index in [1.807, 2.05) is 28.8 Å². The van der Waals surface area contributed by atoms with E-state index in [4.69, 9.17) is 0 Å². The van der Waals surface area contributed by atoms with Crippen LogP contribution < -0.4 is 5.43 Å². The lowest BCUT2D eigenvalue weighted by Gasteiger charge is -2.23. The fourth-order valence-electron chi connectivity index (χ4n) is 3.80. The number of aliphatic carboxylic acids is 1. The van der Waals surface area contributed by atoms with Crippen molar-refractivity contribution in [3.63, 3.8) is 0 Å². The number of fused-ring (bicyclic) bond motifs is 2. The fourth-order valence-corrected chi connectivity index (χ4v) is 3.80. The molecule has 1 aromatic heterocycles. The molecule has 1 atom stereocenters. The lowest BCUT2D eigenvalue weighted by atomic mass is 10.1. The maximum atomic E-state index is 12.9. The van der Waals surface area contributed by atoms with Gasteiger partial charge in [-0.25, -0.2) is 4.79 Å². The Morgan fingerprint density at radius 2 is 1.58 bits per heavy atom. The number of carboxylic acid groups (broad SMARTS) is 1. The van der Waals surface area contributed by atoms with E-state index >= 15 is 0 Å². The Labute approximate surface area is 149 Å². The van der Waals surface area contributed by atoms with Crippen LogP contribution in [0.25, 0.3) is 21.8 Å². The van der Waals surface area contributed by atoms with E-state index in [0.29, 0.717) is 41.2 Å². The highest BCUT2D eigenvalue weighted by Crippen LogP contribution is 2.22. The number of carbonyl (C=O) groups excluding carboxylic acids is 1. The number of benzene rings is 2. The minimum absolute atomic E-state index is 0.00505. The number of aromatic nitrogens is 1. The first-order valence-corrected chi connectivity index (χ1v) is 8.60. The van der Waals surface area contributed by atoms with Gasteiger partial charge in [0.2, 0.25) is 5.91 Å². The summed E-state index contributed by atoms with van der Waals surface area (Å²) in [6.07, 6.45) is 1.17. The largest absolute Gasteiger partial charge is 0.480 e. The summed E-state index contributed by atoms with van der Waals surface area (Å²) in [4.78, 5) is 38.4. The maximum absolute atomic E-state index is 12.9. The van der Waals surface area contributed by atoms with E-state index in [1.54, 1.807) is 24.3 Å². The molecule has 2 heterocycles. The predicted octanol–water partition coefficient (Wildman–Crippen LogP) is 2.23. The van der Waals surface area contributed by atoms with Crippen molar-refractivity contribution in [1.82, 2.24) is 9.47 Å². The average molecular weight is 350 g/mol. The van der Waals surface area contributed by atoms with Gasteiger partial charge in [-0.05, 0) is 37.1 Å². The molecular weight excluding hydrogens is 332 g/mol. The molecule has 1 N–H and O–H groups in total. The molecule has 1 aliphatic heterocycles. The standard InChI is InChI=1S/C20H18N2O4/c23-18(21-11-5-10-17(21)20(25)26)12-22-15-8-3-1-6-13(15)19(24)14-7-2-4-9-16(14)22/h1-4,6-9,17H,5,10-12H2,(H,25,26)/t17-/m0/s1. The van der Waals surface area contributed by atoms with Crippen molar-refractivity contribution >= 4 is 33.7 Å². The second-order valence-corrected chi connectivity index (χ2v) is 6.53. The molecule has 3 aromatic rings. The molecule has 1 saturated heterocycles. The Hall–Kier alpha value is -3.15. The molecule has 0 unspecified atom stereocenters. The zero-order chi connectivity index (χ0) is 18.3. The summed E-state index contributed by atoms with van der Waals surface area (Å²) < 4.78 is 1.81. The Morgan fingerprint density at radius 1 is 1.00 bits per heavy atom. The van der Waals surface area contributed by atoms with Gasteiger partial charge in [-0.2, -0.15) is 0 Å². The number of likely N-dealkylation sites (tertiary alicyclic amines) is 1. The van der Waals surface area contributed by atoms with Crippen molar-refractivity contribution in [1.29, 1.82) is 0 Å². The van der Waals surface area contributed by atoms with Gasteiger partial charge in [0.1, 0.15) is 12.6 Å². The first kappa shape index (κ1) is 16.3. The van der Waals surface area contributed by atoms with Crippen LogP contribution in [0.15, 0.2) is 53.3 Å². The molecule has 0 spiro atoms. The highest BCUT2D eigenvalue weighted by Gasteiger charge is 2.34. The van der Waals surface area contributed by atoms with Crippen LogP contribution in [-0.2, 0) is 16.1 Å². The van der Waals surface area contributed by atoms with Crippen molar-refractivity contribution in [3.05, 3.63) is 58.8 Å². The van der Waals surface area contributed by atoms with Gasteiger partial charge < -0.3 is 14.6 Å². The van der Waals surface area contributed by atoms with Gasteiger partial charge in [0.05, 0.1) is 11.0 Å². The maximum Gasteiger partial charge on any atom is 0.326 e. The molecule has 26 heavy (non-hydrogen) atoms. The first-order chi connectivity index (χ1) is 12.6. The predicted molar refractivity (Wildman–Crippen MR) is 98.1 cm³/mol. The lowest BCUT2D eigenvalue weighted by molar-refractivity contribution is -0.148. The molecule has 1 amide bonds.